The fourth-order valence-electron chi connectivity index (χ4n) is 2.55. The van der Waals surface area contributed by atoms with Crippen molar-refractivity contribution in [3.8, 4) is 0 Å². The zero-order valence-corrected chi connectivity index (χ0v) is 9.93. The Hall–Kier alpha value is -2.10. The largest absolute Gasteiger partial charge is 0.496 e. The molecule has 0 radical (unpaired) electrons. The normalized spacial score (nSPS) is 25.7. The topological polar surface area (TPSA) is 52.6 Å². The predicted molar refractivity (Wildman–Crippen MR) is 63.8 cm³/mol. The Labute approximate surface area is 104 Å². The van der Waals surface area contributed by atoms with Crippen molar-refractivity contribution >= 4 is 17.8 Å². The van der Waals surface area contributed by atoms with Gasteiger partial charge in [0.1, 0.15) is 5.76 Å². The highest BCUT2D eigenvalue weighted by molar-refractivity contribution is 6.11. The van der Waals surface area contributed by atoms with Crippen LogP contribution in [0.1, 0.15) is 28.8 Å². The third-order valence-corrected chi connectivity index (χ3v) is 3.45. The fourth-order valence-corrected chi connectivity index (χ4v) is 2.55. The summed E-state index contributed by atoms with van der Waals surface area (Å²) in [5, 5.41) is 0. The van der Waals surface area contributed by atoms with Crippen LogP contribution >= 0.6 is 0 Å². The van der Waals surface area contributed by atoms with Crippen LogP contribution in [0, 0.1) is 0 Å². The monoisotopic (exact) mass is 244 g/mol. The van der Waals surface area contributed by atoms with Crippen molar-refractivity contribution in [3.63, 3.8) is 0 Å². The molecule has 0 N–H and O–H groups in total. The molecule has 0 bridgehead atoms. The molecule has 4 nitrogen and oxygen atoms in total. The van der Waals surface area contributed by atoms with Gasteiger partial charge in [-0.1, -0.05) is 24.3 Å². The molecule has 1 aromatic carbocycles. The minimum atomic E-state index is -1.24. The van der Waals surface area contributed by atoms with Crippen LogP contribution in [0.2, 0.25) is 0 Å². The number of carbonyl (C=O) groups excluding carboxylic acids is 2. The van der Waals surface area contributed by atoms with Crippen LogP contribution in [-0.4, -0.2) is 24.5 Å². The molecule has 2 aliphatic rings. The van der Waals surface area contributed by atoms with Crippen molar-refractivity contribution in [1.82, 2.24) is 0 Å². The van der Waals surface area contributed by atoms with E-state index < -0.39 is 5.60 Å². The van der Waals surface area contributed by atoms with Crippen molar-refractivity contribution in [2.45, 2.75) is 18.4 Å². The Bertz CT molecular complexity index is 573. The molecule has 92 valence electrons. The van der Waals surface area contributed by atoms with Crippen LogP contribution in [0.15, 0.2) is 30.0 Å². The third kappa shape index (κ3) is 1.32. The van der Waals surface area contributed by atoms with E-state index in [9.17, 15) is 9.59 Å². The highest BCUT2D eigenvalue weighted by Gasteiger charge is 2.53. The zero-order valence-electron chi connectivity index (χ0n) is 9.93. The predicted octanol–water partition coefficient (Wildman–Crippen LogP) is 1.95. The summed E-state index contributed by atoms with van der Waals surface area (Å²) >= 11 is 0. The first-order valence-electron chi connectivity index (χ1n) is 5.79. The van der Waals surface area contributed by atoms with Gasteiger partial charge in [0.15, 0.2) is 0 Å². The minimum Gasteiger partial charge on any atom is -0.496 e. The molecule has 0 unspecified atom stereocenters. The molecule has 1 aliphatic heterocycles. The van der Waals surface area contributed by atoms with E-state index in [2.05, 4.69) is 0 Å². The lowest BCUT2D eigenvalue weighted by molar-refractivity contribution is -0.145. The molecule has 1 atom stereocenters. The smallest absolute Gasteiger partial charge is 0.307 e. The number of hydrogen-bond donors (Lipinski definition) is 0. The third-order valence-electron chi connectivity index (χ3n) is 3.45. The summed E-state index contributed by atoms with van der Waals surface area (Å²) in [5.74, 6) is -0.133. The maximum absolute atomic E-state index is 12.6. The van der Waals surface area contributed by atoms with Crippen LogP contribution in [0.4, 0.5) is 0 Å². The Morgan fingerprint density at radius 1 is 1.28 bits per heavy atom. The summed E-state index contributed by atoms with van der Waals surface area (Å²) in [5.41, 5.74) is 0.140. The van der Waals surface area contributed by atoms with E-state index in [1.165, 1.54) is 7.11 Å². The quantitative estimate of drug-likeness (QED) is 0.708. The maximum Gasteiger partial charge on any atom is 0.307 e. The van der Waals surface area contributed by atoms with Crippen molar-refractivity contribution in [1.29, 1.82) is 0 Å². The lowest BCUT2D eigenvalue weighted by atomic mass is 9.81. The number of ketones is 1. The van der Waals surface area contributed by atoms with Crippen LogP contribution in [0.3, 0.4) is 0 Å². The number of esters is 1. The van der Waals surface area contributed by atoms with Gasteiger partial charge >= 0.3 is 5.97 Å². The Balaban J connectivity index is 2.19. The Morgan fingerprint density at radius 2 is 2.06 bits per heavy atom. The van der Waals surface area contributed by atoms with Crippen LogP contribution in [0.5, 0.6) is 0 Å². The maximum atomic E-state index is 12.6. The van der Waals surface area contributed by atoms with E-state index in [-0.39, 0.29) is 18.2 Å². The van der Waals surface area contributed by atoms with Gasteiger partial charge in [-0.25, -0.2) is 0 Å². The molecule has 3 rings (SSSR count). The second kappa shape index (κ2) is 3.70. The van der Waals surface area contributed by atoms with E-state index in [1.54, 1.807) is 18.2 Å². The molecule has 18 heavy (non-hydrogen) atoms. The van der Waals surface area contributed by atoms with Gasteiger partial charge in [0.2, 0.25) is 11.4 Å². The van der Waals surface area contributed by atoms with Crippen molar-refractivity contribution < 1.29 is 19.1 Å². The lowest BCUT2D eigenvalue weighted by Crippen LogP contribution is -2.43. The van der Waals surface area contributed by atoms with Crippen molar-refractivity contribution in [2.75, 3.05) is 7.11 Å². The molecular formula is C14H12O4. The van der Waals surface area contributed by atoms with E-state index in [4.69, 9.17) is 9.47 Å². The van der Waals surface area contributed by atoms with E-state index in [1.807, 2.05) is 12.1 Å². The highest BCUT2D eigenvalue weighted by atomic mass is 16.6. The minimum absolute atomic E-state index is 0.191. The number of rotatable bonds is 1. The van der Waals surface area contributed by atoms with E-state index >= 15 is 0 Å². The summed E-state index contributed by atoms with van der Waals surface area (Å²) < 4.78 is 10.5. The molecule has 1 spiro atoms. The van der Waals surface area contributed by atoms with Gasteiger partial charge in [-0.3, -0.25) is 9.59 Å². The number of ether oxygens (including phenoxy) is 2. The first kappa shape index (κ1) is 11.0. The second-order valence-corrected chi connectivity index (χ2v) is 4.43. The molecule has 0 amide bonds. The molecular weight excluding hydrogens is 232 g/mol. The summed E-state index contributed by atoms with van der Waals surface area (Å²) in [6, 6.07) is 7.24. The number of benzene rings is 1. The standard InChI is InChI=1S/C14H12O4/c1-17-11-8-9-4-2-3-5-10(9)13(16)14(11)7-6-12(15)18-14/h2-5,8H,6-7H2,1H3/t14-/m0/s1. The molecule has 1 saturated heterocycles. The number of carbonyl (C=O) groups is 2. The van der Waals surface area contributed by atoms with Gasteiger partial charge in [0.25, 0.3) is 0 Å². The van der Waals surface area contributed by atoms with Gasteiger partial charge in [-0.15, -0.1) is 0 Å². The fraction of sp³-hybridized carbons (Fsp3) is 0.286. The summed E-state index contributed by atoms with van der Waals surface area (Å²) in [7, 11) is 1.49. The summed E-state index contributed by atoms with van der Waals surface area (Å²) in [4.78, 5) is 23.9. The molecule has 0 aromatic heterocycles. The first-order valence-corrected chi connectivity index (χ1v) is 5.79. The number of methoxy groups -OCH3 is 1. The average Bonchev–Trinajstić information content (AvgIpc) is 2.77. The molecule has 1 fully saturated rings. The number of hydrogen-bond acceptors (Lipinski definition) is 4. The number of Topliss-reactive ketones (excluding diaryl/α,β-unsaturated/α-hetero) is 1. The molecule has 4 heteroatoms. The highest BCUT2D eigenvalue weighted by Crippen LogP contribution is 2.41. The van der Waals surface area contributed by atoms with E-state index in [0.29, 0.717) is 17.7 Å². The van der Waals surface area contributed by atoms with Crippen LogP contribution in [0.25, 0.3) is 6.08 Å². The van der Waals surface area contributed by atoms with Gasteiger partial charge in [0.05, 0.1) is 13.5 Å². The van der Waals surface area contributed by atoms with Crippen LogP contribution < -0.4 is 0 Å². The molecule has 0 saturated carbocycles. The van der Waals surface area contributed by atoms with Gasteiger partial charge < -0.3 is 9.47 Å². The molecule has 1 aliphatic carbocycles. The molecule has 1 heterocycles. The van der Waals surface area contributed by atoms with Gasteiger partial charge in [-0.2, -0.15) is 0 Å². The summed E-state index contributed by atoms with van der Waals surface area (Å²) in [6.45, 7) is 0. The molecule has 1 aromatic rings. The van der Waals surface area contributed by atoms with Gasteiger partial charge in [0, 0.05) is 12.0 Å². The zero-order chi connectivity index (χ0) is 12.8. The summed E-state index contributed by atoms with van der Waals surface area (Å²) in [6.07, 6.45) is 2.36. The Morgan fingerprint density at radius 3 is 2.72 bits per heavy atom. The number of fused-ring (bicyclic) bond motifs is 1. The first-order chi connectivity index (χ1) is 8.67. The van der Waals surface area contributed by atoms with Crippen LogP contribution in [-0.2, 0) is 14.3 Å². The van der Waals surface area contributed by atoms with Crippen molar-refractivity contribution in [3.05, 3.63) is 41.2 Å². The Kier molecular flexibility index (Phi) is 2.26. The van der Waals surface area contributed by atoms with E-state index in [0.717, 1.165) is 5.56 Å². The SMILES string of the molecule is COC1=Cc2ccccc2C(=O)[C@]12CCC(=O)O2. The second-order valence-electron chi connectivity index (χ2n) is 4.43. The van der Waals surface area contributed by atoms with Crippen molar-refractivity contribution in [2.24, 2.45) is 0 Å². The lowest BCUT2D eigenvalue weighted by Gasteiger charge is -2.31. The van der Waals surface area contributed by atoms with Gasteiger partial charge in [-0.05, 0) is 11.6 Å². The average molecular weight is 244 g/mol.